The standard InChI is InChI=1S/C8H11N3O.C2H6/c1-3-6-5-11(9)8(12)10-7(6)4-2;1-2/h3-4H,1-2,5,9H2,(H,10,12);1-2H3. The van der Waals surface area contributed by atoms with Crippen LogP contribution in [0.5, 0.6) is 0 Å². The third-order valence-corrected chi connectivity index (χ3v) is 1.64. The molecule has 0 aromatic heterocycles. The van der Waals surface area contributed by atoms with Crippen molar-refractivity contribution in [2.45, 2.75) is 13.8 Å². The molecule has 1 heterocycles. The SMILES string of the molecule is C=CC1=C(C=C)NC(=O)N(N)C1.CC. The minimum atomic E-state index is -0.324. The van der Waals surface area contributed by atoms with E-state index in [9.17, 15) is 4.79 Å². The highest BCUT2D eigenvalue weighted by atomic mass is 16.2. The highest BCUT2D eigenvalue weighted by Crippen LogP contribution is 2.10. The molecule has 0 aromatic carbocycles. The number of allylic oxidation sites excluding steroid dienone is 1. The van der Waals surface area contributed by atoms with Crippen molar-refractivity contribution >= 4 is 6.03 Å². The molecule has 1 rings (SSSR count). The number of hydrogen-bond donors (Lipinski definition) is 2. The van der Waals surface area contributed by atoms with E-state index in [1.165, 1.54) is 0 Å². The number of nitrogens with one attached hydrogen (secondary N) is 1. The number of carbonyl (C=O) groups excluding carboxylic acids is 1. The molecule has 78 valence electrons. The van der Waals surface area contributed by atoms with E-state index in [-0.39, 0.29) is 6.03 Å². The Morgan fingerprint density at radius 1 is 1.43 bits per heavy atom. The zero-order chi connectivity index (χ0) is 11.1. The van der Waals surface area contributed by atoms with Gasteiger partial charge in [-0.25, -0.2) is 10.6 Å². The van der Waals surface area contributed by atoms with Crippen LogP contribution in [-0.2, 0) is 0 Å². The summed E-state index contributed by atoms with van der Waals surface area (Å²) in [5, 5.41) is 3.66. The van der Waals surface area contributed by atoms with Crippen LogP contribution in [0.25, 0.3) is 0 Å². The lowest BCUT2D eigenvalue weighted by molar-refractivity contribution is 0.203. The Bertz CT molecular complexity index is 269. The van der Waals surface area contributed by atoms with Gasteiger partial charge in [0.2, 0.25) is 0 Å². The van der Waals surface area contributed by atoms with Crippen molar-refractivity contribution in [2.75, 3.05) is 6.54 Å². The zero-order valence-electron chi connectivity index (χ0n) is 8.71. The Kier molecular flexibility index (Phi) is 5.33. The first-order valence-electron chi connectivity index (χ1n) is 4.50. The van der Waals surface area contributed by atoms with E-state index in [4.69, 9.17) is 5.84 Å². The molecular formula is C10H17N3O. The smallest absolute Gasteiger partial charge is 0.306 e. The maximum atomic E-state index is 11.0. The first-order chi connectivity index (χ1) is 6.69. The van der Waals surface area contributed by atoms with Gasteiger partial charge >= 0.3 is 6.03 Å². The maximum absolute atomic E-state index is 11.0. The van der Waals surface area contributed by atoms with Gasteiger partial charge in [0.25, 0.3) is 0 Å². The molecule has 2 amide bonds. The normalized spacial score (nSPS) is 15.4. The molecule has 3 N–H and O–H groups in total. The van der Waals surface area contributed by atoms with Crippen molar-refractivity contribution in [3.63, 3.8) is 0 Å². The first-order valence-corrected chi connectivity index (χ1v) is 4.50. The molecule has 0 spiro atoms. The summed E-state index contributed by atoms with van der Waals surface area (Å²) in [4.78, 5) is 11.0. The van der Waals surface area contributed by atoms with Crippen molar-refractivity contribution < 1.29 is 4.79 Å². The lowest BCUT2D eigenvalue weighted by atomic mass is 10.1. The number of hydrazine groups is 1. The van der Waals surface area contributed by atoms with Crippen molar-refractivity contribution in [3.05, 3.63) is 36.6 Å². The predicted octanol–water partition coefficient (Wildman–Crippen LogP) is 1.54. The van der Waals surface area contributed by atoms with Crippen molar-refractivity contribution in [2.24, 2.45) is 5.84 Å². The molecule has 0 radical (unpaired) electrons. The van der Waals surface area contributed by atoms with Gasteiger partial charge in [-0.15, -0.1) is 0 Å². The maximum Gasteiger partial charge on any atom is 0.336 e. The van der Waals surface area contributed by atoms with Crippen LogP contribution in [0.4, 0.5) is 4.79 Å². The van der Waals surface area contributed by atoms with Gasteiger partial charge in [0.05, 0.1) is 6.54 Å². The van der Waals surface area contributed by atoms with Crippen molar-refractivity contribution in [3.8, 4) is 0 Å². The molecule has 4 heteroatoms. The summed E-state index contributed by atoms with van der Waals surface area (Å²) < 4.78 is 0. The van der Waals surface area contributed by atoms with Crippen LogP contribution >= 0.6 is 0 Å². The van der Waals surface area contributed by atoms with Gasteiger partial charge in [0.15, 0.2) is 0 Å². The summed E-state index contributed by atoms with van der Waals surface area (Å²) in [6, 6.07) is -0.324. The molecule has 0 saturated heterocycles. The summed E-state index contributed by atoms with van der Waals surface area (Å²) in [6.45, 7) is 11.5. The summed E-state index contributed by atoms with van der Waals surface area (Å²) >= 11 is 0. The average Bonchev–Trinajstić information content (AvgIpc) is 2.24. The molecule has 0 aliphatic carbocycles. The van der Waals surface area contributed by atoms with E-state index >= 15 is 0 Å². The summed E-state index contributed by atoms with van der Waals surface area (Å²) in [7, 11) is 0. The monoisotopic (exact) mass is 195 g/mol. The molecule has 0 unspecified atom stereocenters. The minimum absolute atomic E-state index is 0.324. The lowest BCUT2D eigenvalue weighted by Gasteiger charge is -2.25. The Morgan fingerprint density at radius 3 is 2.43 bits per heavy atom. The van der Waals surface area contributed by atoms with E-state index in [1.54, 1.807) is 12.2 Å². The van der Waals surface area contributed by atoms with Gasteiger partial charge in [0.1, 0.15) is 0 Å². The van der Waals surface area contributed by atoms with Crippen LogP contribution in [0.15, 0.2) is 36.6 Å². The topological polar surface area (TPSA) is 58.4 Å². The minimum Gasteiger partial charge on any atom is -0.306 e. The quantitative estimate of drug-likeness (QED) is 0.518. The second kappa shape index (κ2) is 5.99. The molecule has 1 aliphatic rings. The Hall–Kier alpha value is -1.55. The van der Waals surface area contributed by atoms with Crippen molar-refractivity contribution in [1.29, 1.82) is 0 Å². The fourth-order valence-electron chi connectivity index (χ4n) is 0.964. The summed E-state index contributed by atoms with van der Waals surface area (Å²) in [5.41, 5.74) is 1.55. The molecule has 0 aromatic rings. The van der Waals surface area contributed by atoms with E-state index < -0.39 is 0 Å². The average molecular weight is 195 g/mol. The van der Waals surface area contributed by atoms with Gasteiger partial charge < -0.3 is 5.32 Å². The van der Waals surface area contributed by atoms with Crippen LogP contribution < -0.4 is 11.2 Å². The highest BCUT2D eigenvalue weighted by molar-refractivity contribution is 5.78. The number of carbonyl (C=O) groups is 1. The molecule has 0 bridgehead atoms. The molecule has 4 nitrogen and oxygen atoms in total. The van der Waals surface area contributed by atoms with Gasteiger partial charge in [0, 0.05) is 5.70 Å². The van der Waals surface area contributed by atoms with Gasteiger partial charge in [-0.1, -0.05) is 33.1 Å². The number of rotatable bonds is 2. The van der Waals surface area contributed by atoms with Crippen LogP contribution in [0.2, 0.25) is 0 Å². The predicted molar refractivity (Wildman–Crippen MR) is 58.2 cm³/mol. The van der Waals surface area contributed by atoms with Gasteiger partial charge in [-0.05, 0) is 11.6 Å². The zero-order valence-corrected chi connectivity index (χ0v) is 8.71. The number of hydrogen-bond acceptors (Lipinski definition) is 2. The third-order valence-electron chi connectivity index (χ3n) is 1.64. The number of urea groups is 1. The van der Waals surface area contributed by atoms with Crippen LogP contribution in [0.3, 0.4) is 0 Å². The van der Waals surface area contributed by atoms with E-state index in [2.05, 4.69) is 18.5 Å². The Balaban J connectivity index is 0.000000791. The van der Waals surface area contributed by atoms with E-state index in [0.717, 1.165) is 10.6 Å². The fourth-order valence-corrected chi connectivity index (χ4v) is 0.964. The summed E-state index contributed by atoms with van der Waals surface area (Å²) in [5.74, 6) is 5.37. The first kappa shape index (κ1) is 12.4. The number of nitrogens with two attached hydrogens (primary N) is 1. The largest absolute Gasteiger partial charge is 0.336 e. The summed E-state index contributed by atoms with van der Waals surface area (Å²) in [6.07, 6.45) is 3.22. The van der Waals surface area contributed by atoms with Crippen LogP contribution in [0, 0.1) is 0 Å². The molecule has 1 aliphatic heterocycles. The van der Waals surface area contributed by atoms with Crippen LogP contribution in [0.1, 0.15) is 13.8 Å². The van der Waals surface area contributed by atoms with E-state index in [1.807, 2.05) is 13.8 Å². The van der Waals surface area contributed by atoms with Crippen molar-refractivity contribution in [1.82, 2.24) is 10.3 Å². The molecule has 14 heavy (non-hydrogen) atoms. The molecular weight excluding hydrogens is 178 g/mol. The highest BCUT2D eigenvalue weighted by Gasteiger charge is 2.18. The number of amides is 2. The second-order valence-electron chi connectivity index (χ2n) is 2.41. The Morgan fingerprint density at radius 2 is 2.00 bits per heavy atom. The molecule has 0 fully saturated rings. The van der Waals surface area contributed by atoms with Gasteiger partial charge in [-0.2, -0.15) is 0 Å². The fraction of sp³-hybridized carbons (Fsp3) is 0.300. The Labute approximate surface area is 84.7 Å². The molecule has 0 saturated carbocycles. The lowest BCUT2D eigenvalue weighted by Crippen LogP contribution is -2.48. The van der Waals surface area contributed by atoms with Crippen LogP contribution in [-0.4, -0.2) is 17.6 Å². The number of nitrogens with zero attached hydrogens (tertiary/aromatic N) is 1. The second-order valence-corrected chi connectivity index (χ2v) is 2.41. The third kappa shape index (κ3) is 2.74. The molecule has 0 atom stereocenters. The van der Waals surface area contributed by atoms with E-state index in [0.29, 0.717) is 12.2 Å². The van der Waals surface area contributed by atoms with Gasteiger partial charge in [-0.3, -0.25) is 5.01 Å².